The summed E-state index contributed by atoms with van der Waals surface area (Å²) in [5.41, 5.74) is 1.09. The molecule has 6 nitrogen and oxygen atoms in total. The number of aryl methyl sites for hydroxylation is 1. The molecule has 6 heteroatoms. The molecule has 1 aromatic carbocycles. The molecule has 2 rings (SSSR count). The van der Waals surface area contributed by atoms with E-state index >= 15 is 0 Å². The number of amides is 1. The minimum atomic E-state index is -0.277. The van der Waals surface area contributed by atoms with Gasteiger partial charge in [-0.15, -0.1) is 0 Å². The fourth-order valence-corrected chi connectivity index (χ4v) is 2.18. The van der Waals surface area contributed by atoms with Crippen molar-refractivity contribution in [1.82, 2.24) is 9.88 Å². The van der Waals surface area contributed by atoms with E-state index in [1.54, 1.807) is 19.4 Å². The lowest BCUT2D eigenvalue weighted by Gasteiger charge is -2.09. The average molecular weight is 330 g/mol. The van der Waals surface area contributed by atoms with Gasteiger partial charge in [0.25, 0.3) is 11.5 Å². The summed E-state index contributed by atoms with van der Waals surface area (Å²) in [5.74, 6) is 0.449. The minimum Gasteiger partial charge on any atom is -0.491 e. The molecule has 0 aliphatic carbocycles. The molecule has 0 bridgehead atoms. The summed E-state index contributed by atoms with van der Waals surface area (Å²) in [4.78, 5) is 23.9. The number of hydrogen-bond acceptors (Lipinski definition) is 4. The summed E-state index contributed by atoms with van der Waals surface area (Å²) >= 11 is 0. The monoisotopic (exact) mass is 330 g/mol. The first kappa shape index (κ1) is 17.7. The zero-order valence-corrected chi connectivity index (χ0v) is 14.0. The van der Waals surface area contributed by atoms with Gasteiger partial charge in [-0.2, -0.15) is 0 Å². The number of methoxy groups -OCH3 is 1. The first-order chi connectivity index (χ1) is 11.6. The van der Waals surface area contributed by atoms with E-state index in [2.05, 4.69) is 5.32 Å². The lowest BCUT2D eigenvalue weighted by Crippen LogP contribution is -2.26. The van der Waals surface area contributed by atoms with Gasteiger partial charge in [0.2, 0.25) is 0 Å². The van der Waals surface area contributed by atoms with Crippen molar-refractivity contribution in [3.05, 3.63) is 64.1 Å². The quantitative estimate of drug-likeness (QED) is 0.750. The van der Waals surface area contributed by atoms with E-state index in [1.807, 2.05) is 31.2 Å². The highest BCUT2D eigenvalue weighted by Crippen LogP contribution is 2.13. The molecule has 0 fully saturated rings. The molecule has 0 saturated carbocycles. The zero-order valence-electron chi connectivity index (χ0n) is 14.0. The van der Waals surface area contributed by atoms with Crippen LogP contribution in [-0.2, 0) is 17.8 Å². The predicted molar refractivity (Wildman–Crippen MR) is 91.4 cm³/mol. The molecule has 0 unspecified atom stereocenters. The van der Waals surface area contributed by atoms with Gasteiger partial charge >= 0.3 is 0 Å². The van der Waals surface area contributed by atoms with Crippen LogP contribution in [0.3, 0.4) is 0 Å². The van der Waals surface area contributed by atoms with Crippen LogP contribution in [0.4, 0.5) is 0 Å². The Morgan fingerprint density at radius 1 is 1.21 bits per heavy atom. The number of carbonyl (C=O) groups excluding carboxylic acids is 1. The molecule has 0 aliphatic heterocycles. The van der Waals surface area contributed by atoms with Crippen molar-refractivity contribution in [2.24, 2.45) is 0 Å². The van der Waals surface area contributed by atoms with Crippen molar-refractivity contribution in [3.8, 4) is 5.75 Å². The topological polar surface area (TPSA) is 69.6 Å². The van der Waals surface area contributed by atoms with Gasteiger partial charge in [-0.05, 0) is 30.7 Å². The molecule has 24 heavy (non-hydrogen) atoms. The van der Waals surface area contributed by atoms with Crippen molar-refractivity contribution < 1.29 is 14.3 Å². The molecule has 0 saturated heterocycles. The molecular weight excluding hydrogens is 308 g/mol. The van der Waals surface area contributed by atoms with Crippen LogP contribution in [0.2, 0.25) is 0 Å². The summed E-state index contributed by atoms with van der Waals surface area (Å²) in [5, 5.41) is 2.81. The molecule has 0 atom stereocenters. The second kappa shape index (κ2) is 8.88. The molecule has 0 radical (unpaired) electrons. The number of hydrogen-bond donors (Lipinski definition) is 1. The van der Waals surface area contributed by atoms with Gasteiger partial charge in [0, 0.05) is 38.0 Å². The van der Waals surface area contributed by atoms with Gasteiger partial charge in [0.15, 0.2) is 0 Å². The molecule has 1 amide bonds. The Morgan fingerprint density at radius 3 is 2.75 bits per heavy atom. The van der Waals surface area contributed by atoms with Crippen LogP contribution in [0.25, 0.3) is 0 Å². The SMILES string of the molecule is CCn1ccc(C(=O)NCc2cccc(OCCOC)c2)cc1=O. The standard InChI is InChI=1S/C18H22N2O4/c1-3-20-8-7-15(12-17(20)21)18(22)19-13-14-5-4-6-16(11-14)24-10-9-23-2/h4-8,11-12H,3,9-10,13H2,1-2H3,(H,19,22). The molecule has 0 aliphatic rings. The van der Waals surface area contributed by atoms with Gasteiger partial charge in [-0.3, -0.25) is 9.59 Å². The number of aromatic nitrogens is 1. The number of pyridine rings is 1. The molecule has 1 aromatic heterocycles. The second-order valence-electron chi connectivity index (χ2n) is 5.21. The average Bonchev–Trinajstić information content (AvgIpc) is 2.60. The second-order valence-corrected chi connectivity index (χ2v) is 5.21. The maximum Gasteiger partial charge on any atom is 0.251 e. The van der Waals surface area contributed by atoms with Crippen LogP contribution in [0.5, 0.6) is 5.75 Å². The minimum absolute atomic E-state index is 0.182. The van der Waals surface area contributed by atoms with Crippen LogP contribution >= 0.6 is 0 Å². The van der Waals surface area contributed by atoms with E-state index < -0.39 is 0 Å². The molecule has 0 spiro atoms. The van der Waals surface area contributed by atoms with E-state index in [0.717, 1.165) is 11.3 Å². The van der Waals surface area contributed by atoms with E-state index in [0.29, 0.717) is 31.9 Å². The normalized spacial score (nSPS) is 10.4. The van der Waals surface area contributed by atoms with Crippen LogP contribution in [0.1, 0.15) is 22.8 Å². The first-order valence-corrected chi connectivity index (χ1v) is 7.83. The smallest absolute Gasteiger partial charge is 0.251 e. The predicted octanol–water partition coefficient (Wildman–Crippen LogP) is 1.82. The molecule has 1 N–H and O–H groups in total. The van der Waals surface area contributed by atoms with E-state index in [4.69, 9.17) is 9.47 Å². The molecular formula is C18H22N2O4. The van der Waals surface area contributed by atoms with E-state index in [1.165, 1.54) is 10.6 Å². The van der Waals surface area contributed by atoms with Gasteiger partial charge in [0.05, 0.1) is 6.61 Å². The third-order valence-corrected chi connectivity index (χ3v) is 3.51. The van der Waals surface area contributed by atoms with Crippen molar-refractivity contribution in [1.29, 1.82) is 0 Å². The summed E-state index contributed by atoms with van der Waals surface area (Å²) in [6.45, 7) is 3.81. The van der Waals surface area contributed by atoms with Gasteiger partial charge in [-0.25, -0.2) is 0 Å². The van der Waals surface area contributed by atoms with Gasteiger partial charge < -0.3 is 19.4 Å². The summed E-state index contributed by atoms with van der Waals surface area (Å²) in [6, 6.07) is 10.5. The fraction of sp³-hybridized carbons (Fsp3) is 0.333. The molecule has 1 heterocycles. The number of nitrogens with one attached hydrogen (secondary N) is 1. The lowest BCUT2D eigenvalue weighted by molar-refractivity contribution is 0.0950. The summed E-state index contributed by atoms with van der Waals surface area (Å²) < 4.78 is 12.0. The Labute approximate surface area is 141 Å². The van der Waals surface area contributed by atoms with Crippen molar-refractivity contribution in [3.63, 3.8) is 0 Å². The van der Waals surface area contributed by atoms with Crippen molar-refractivity contribution in [2.45, 2.75) is 20.0 Å². The first-order valence-electron chi connectivity index (χ1n) is 7.83. The van der Waals surface area contributed by atoms with Crippen LogP contribution < -0.4 is 15.6 Å². The maximum atomic E-state index is 12.2. The number of benzene rings is 1. The highest BCUT2D eigenvalue weighted by molar-refractivity contribution is 5.93. The van der Waals surface area contributed by atoms with Crippen LogP contribution in [0.15, 0.2) is 47.4 Å². The van der Waals surface area contributed by atoms with Crippen molar-refractivity contribution >= 4 is 5.91 Å². The maximum absolute atomic E-state index is 12.2. The highest BCUT2D eigenvalue weighted by atomic mass is 16.5. The van der Waals surface area contributed by atoms with Gasteiger partial charge in [0.1, 0.15) is 12.4 Å². The van der Waals surface area contributed by atoms with Crippen LogP contribution in [-0.4, -0.2) is 30.8 Å². The lowest BCUT2D eigenvalue weighted by atomic mass is 10.2. The molecule has 128 valence electrons. The number of carbonyl (C=O) groups is 1. The number of nitrogens with zero attached hydrogens (tertiary/aromatic N) is 1. The number of ether oxygens (including phenoxy) is 2. The third kappa shape index (κ3) is 4.96. The van der Waals surface area contributed by atoms with E-state index in [-0.39, 0.29) is 11.5 Å². The Hall–Kier alpha value is -2.60. The Balaban J connectivity index is 1.95. The van der Waals surface area contributed by atoms with Gasteiger partial charge in [-0.1, -0.05) is 12.1 Å². The Kier molecular flexibility index (Phi) is 6.57. The number of rotatable bonds is 8. The highest BCUT2D eigenvalue weighted by Gasteiger charge is 2.07. The molecule has 2 aromatic rings. The van der Waals surface area contributed by atoms with Crippen LogP contribution in [0, 0.1) is 0 Å². The van der Waals surface area contributed by atoms with Crippen molar-refractivity contribution in [2.75, 3.05) is 20.3 Å². The summed E-state index contributed by atoms with van der Waals surface area (Å²) in [6.07, 6.45) is 1.63. The Bertz CT molecular complexity index is 740. The van der Waals surface area contributed by atoms with E-state index in [9.17, 15) is 9.59 Å². The summed E-state index contributed by atoms with van der Waals surface area (Å²) in [7, 11) is 1.62. The zero-order chi connectivity index (χ0) is 17.4. The third-order valence-electron chi connectivity index (χ3n) is 3.51. The Morgan fingerprint density at radius 2 is 2.04 bits per heavy atom. The fourth-order valence-electron chi connectivity index (χ4n) is 2.18. The largest absolute Gasteiger partial charge is 0.491 e.